The van der Waals surface area contributed by atoms with E-state index in [1.807, 2.05) is 0 Å². The van der Waals surface area contributed by atoms with Crippen molar-refractivity contribution in [1.29, 1.82) is 0 Å². The van der Waals surface area contributed by atoms with Crippen LogP contribution in [0.4, 0.5) is 0 Å². The molecule has 0 saturated carbocycles. The Morgan fingerprint density at radius 1 is 1.33 bits per heavy atom. The Balaban J connectivity index is 3.29. The molecule has 0 saturated heterocycles. The van der Waals surface area contributed by atoms with Crippen LogP contribution in [0.15, 0.2) is 18.2 Å². The van der Waals surface area contributed by atoms with Crippen molar-refractivity contribution in [2.75, 3.05) is 7.05 Å². The number of rotatable bonds is 3. The van der Waals surface area contributed by atoms with E-state index < -0.39 is 11.4 Å². The van der Waals surface area contributed by atoms with E-state index in [0.717, 1.165) is 0 Å². The lowest BCUT2D eigenvalue weighted by Crippen LogP contribution is -2.48. The molecule has 1 rings (SSSR count). The summed E-state index contributed by atoms with van der Waals surface area (Å²) in [4.78, 5) is 11.3. The second-order valence-electron chi connectivity index (χ2n) is 3.48. The van der Waals surface area contributed by atoms with Crippen molar-refractivity contribution in [3.63, 3.8) is 0 Å². The lowest BCUT2D eigenvalue weighted by molar-refractivity contribution is -0.123. The molecular weight excluding hydrogens is 196 g/mol. The van der Waals surface area contributed by atoms with Crippen molar-refractivity contribution in [3.05, 3.63) is 23.8 Å². The highest BCUT2D eigenvalue weighted by atomic mass is 16.3. The summed E-state index contributed by atoms with van der Waals surface area (Å²) in [5, 5.41) is 21.3. The van der Waals surface area contributed by atoms with Crippen LogP contribution in [0.2, 0.25) is 0 Å². The van der Waals surface area contributed by atoms with Gasteiger partial charge in [-0.3, -0.25) is 4.79 Å². The van der Waals surface area contributed by atoms with Crippen LogP contribution in [0.25, 0.3) is 0 Å². The van der Waals surface area contributed by atoms with Crippen LogP contribution < -0.4 is 11.1 Å². The minimum absolute atomic E-state index is 0.118. The lowest BCUT2D eigenvalue weighted by Gasteiger charge is -2.26. The van der Waals surface area contributed by atoms with Crippen molar-refractivity contribution in [2.24, 2.45) is 5.73 Å². The summed E-state index contributed by atoms with van der Waals surface area (Å²) in [5.74, 6) is -0.824. The van der Waals surface area contributed by atoms with Gasteiger partial charge in [0.25, 0.3) is 0 Å². The van der Waals surface area contributed by atoms with E-state index in [1.165, 1.54) is 18.2 Å². The molecule has 5 N–H and O–H groups in total. The van der Waals surface area contributed by atoms with Gasteiger partial charge in [0.1, 0.15) is 17.0 Å². The number of hydrogen-bond acceptors (Lipinski definition) is 4. The van der Waals surface area contributed by atoms with Crippen molar-refractivity contribution in [3.8, 4) is 11.5 Å². The van der Waals surface area contributed by atoms with Gasteiger partial charge in [0.05, 0.1) is 0 Å². The highest BCUT2D eigenvalue weighted by Crippen LogP contribution is 2.28. The van der Waals surface area contributed by atoms with Gasteiger partial charge in [-0.05, 0) is 31.7 Å². The molecule has 1 atom stereocenters. The van der Waals surface area contributed by atoms with Crippen molar-refractivity contribution in [1.82, 2.24) is 5.32 Å². The summed E-state index contributed by atoms with van der Waals surface area (Å²) in [6, 6.07) is 3.93. The number of carbonyl (C=O) groups excluding carboxylic acids is 1. The van der Waals surface area contributed by atoms with Gasteiger partial charge in [0, 0.05) is 6.07 Å². The largest absolute Gasteiger partial charge is 0.508 e. The third-order valence-corrected chi connectivity index (χ3v) is 2.47. The predicted molar refractivity (Wildman–Crippen MR) is 55.4 cm³/mol. The number of aromatic hydroxyl groups is 2. The van der Waals surface area contributed by atoms with Crippen LogP contribution >= 0.6 is 0 Å². The summed E-state index contributed by atoms with van der Waals surface area (Å²) in [7, 11) is 1.58. The van der Waals surface area contributed by atoms with Gasteiger partial charge < -0.3 is 21.3 Å². The summed E-state index contributed by atoms with van der Waals surface area (Å²) >= 11 is 0. The molecule has 0 spiro atoms. The summed E-state index contributed by atoms with van der Waals surface area (Å²) < 4.78 is 0. The Kier molecular flexibility index (Phi) is 2.85. The molecule has 0 fully saturated rings. The second-order valence-corrected chi connectivity index (χ2v) is 3.48. The molecule has 82 valence electrons. The third-order valence-electron chi connectivity index (χ3n) is 2.47. The van der Waals surface area contributed by atoms with E-state index in [-0.39, 0.29) is 11.5 Å². The maximum absolute atomic E-state index is 11.3. The van der Waals surface area contributed by atoms with Gasteiger partial charge >= 0.3 is 0 Å². The molecule has 0 aromatic heterocycles. The number of likely N-dealkylation sites (N-methyl/N-ethyl adjacent to an activating group) is 1. The molecule has 15 heavy (non-hydrogen) atoms. The summed E-state index contributed by atoms with van der Waals surface area (Å²) in [6.07, 6.45) is 0. The monoisotopic (exact) mass is 210 g/mol. The quantitative estimate of drug-likeness (QED) is 0.565. The highest BCUT2D eigenvalue weighted by Gasteiger charge is 2.31. The van der Waals surface area contributed by atoms with Crippen LogP contribution in [0, 0.1) is 0 Å². The van der Waals surface area contributed by atoms with Gasteiger partial charge in [-0.25, -0.2) is 0 Å². The molecule has 1 amide bonds. The van der Waals surface area contributed by atoms with Crippen LogP contribution in [-0.2, 0) is 10.3 Å². The SMILES string of the molecule is CNC(C)(C(N)=O)c1cc(O)cc(O)c1. The zero-order valence-electron chi connectivity index (χ0n) is 8.61. The molecule has 5 nitrogen and oxygen atoms in total. The molecule has 0 radical (unpaired) electrons. The van der Waals surface area contributed by atoms with E-state index in [1.54, 1.807) is 14.0 Å². The second kappa shape index (κ2) is 3.78. The van der Waals surface area contributed by atoms with Crippen LogP contribution in [-0.4, -0.2) is 23.2 Å². The number of nitrogens with two attached hydrogens (primary N) is 1. The first-order valence-corrected chi connectivity index (χ1v) is 4.42. The summed E-state index contributed by atoms with van der Waals surface area (Å²) in [5.41, 5.74) is 4.55. The lowest BCUT2D eigenvalue weighted by atomic mass is 9.91. The number of phenols is 2. The molecule has 1 unspecified atom stereocenters. The topological polar surface area (TPSA) is 95.6 Å². The fraction of sp³-hybridized carbons (Fsp3) is 0.300. The number of carbonyl (C=O) groups is 1. The Morgan fingerprint density at radius 2 is 1.80 bits per heavy atom. The standard InChI is InChI=1S/C10H14N2O3/c1-10(12-2,9(11)15)6-3-7(13)5-8(14)4-6/h3-5,12-14H,1-2H3,(H2,11,15). The van der Waals surface area contributed by atoms with E-state index in [0.29, 0.717) is 5.56 Å². The fourth-order valence-corrected chi connectivity index (χ4v) is 1.29. The number of primary amides is 1. The minimum Gasteiger partial charge on any atom is -0.508 e. The van der Waals surface area contributed by atoms with Crippen molar-refractivity contribution in [2.45, 2.75) is 12.5 Å². The van der Waals surface area contributed by atoms with Gasteiger partial charge in [0.2, 0.25) is 5.91 Å². The van der Waals surface area contributed by atoms with Gasteiger partial charge in [-0.2, -0.15) is 0 Å². The molecule has 0 heterocycles. The average molecular weight is 210 g/mol. The minimum atomic E-state index is -1.11. The van der Waals surface area contributed by atoms with Crippen molar-refractivity contribution < 1.29 is 15.0 Å². The Hall–Kier alpha value is -1.75. The number of amides is 1. The Morgan fingerprint density at radius 3 is 2.13 bits per heavy atom. The molecule has 0 aliphatic heterocycles. The first kappa shape index (κ1) is 11.3. The van der Waals surface area contributed by atoms with Gasteiger partial charge in [-0.1, -0.05) is 0 Å². The van der Waals surface area contributed by atoms with E-state index in [9.17, 15) is 15.0 Å². The molecule has 5 heteroatoms. The van der Waals surface area contributed by atoms with Crippen LogP contribution in [0.1, 0.15) is 12.5 Å². The molecular formula is C10H14N2O3. The van der Waals surface area contributed by atoms with Crippen molar-refractivity contribution >= 4 is 5.91 Å². The zero-order valence-corrected chi connectivity index (χ0v) is 8.61. The van der Waals surface area contributed by atoms with Crippen LogP contribution in [0.5, 0.6) is 11.5 Å². The smallest absolute Gasteiger partial charge is 0.242 e. The number of nitrogens with one attached hydrogen (secondary N) is 1. The maximum Gasteiger partial charge on any atom is 0.242 e. The molecule has 0 aliphatic carbocycles. The Labute approximate surface area is 87.5 Å². The maximum atomic E-state index is 11.3. The first-order chi connectivity index (χ1) is 6.90. The average Bonchev–Trinajstić information content (AvgIpc) is 2.14. The summed E-state index contributed by atoms with van der Waals surface area (Å²) in [6.45, 7) is 1.57. The first-order valence-electron chi connectivity index (χ1n) is 4.42. The normalized spacial score (nSPS) is 14.5. The van der Waals surface area contributed by atoms with Gasteiger partial charge in [-0.15, -0.1) is 0 Å². The van der Waals surface area contributed by atoms with E-state index in [4.69, 9.17) is 5.73 Å². The molecule has 1 aromatic rings. The Bertz CT molecular complexity index is 372. The molecule has 0 bridgehead atoms. The molecule has 0 aliphatic rings. The van der Waals surface area contributed by atoms with E-state index >= 15 is 0 Å². The van der Waals surface area contributed by atoms with Gasteiger partial charge in [0.15, 0.2) is 0 Å². The van der Waals surface area contributed by atoms with Crippen LogP contribution in [0.3, 0.4) is 0 Å². The predicted octanol–water partition coefficient (Wildman–Crippen LogP) is 0.0177. The number of phenolic OH excluding ortho intramolecular Hbond substituents is 2. The zero-order chi connectivity index (χ0) is 11.6. The van der Waals surface area contributed by atoms with E-state index in [2.05, 4.69) is 5.32 Å². The molecule has 1 aromatic carbocycles. The fourth-order valence-electron chi connectivity index (χ4n) is 1.29. The number of benzene rings is 1. The third kappa shape index (κ3) is 2.02. The number of hydrogen-bond donors (Lipinski definition) is 4. The highest BCUT2D eigenvalue weighted by molar-refractivity contribution is 5.86.